The van der Waals surface area contributed by atoms with E-state index in [0.29, 0.717) is 17.8 Å². The molecule has 5 nitrogen and oxygen atoms in total. The maximum absolute atomic E-state index is 11.1. The van der Waals surface area contributed by atoms with Gasteiger partial charge in [0.15, 0.2) is 0 Å². The molecule has 0 aliphatic rings. The van der Waals surface area contributed by atoms with Crippen LogP contribution < -0.4 is 10.4 Å². The van der Waals surface area contributed by atoms with Crippen LogP contribution in [0.3, 0.4) is 0 Å². The van der Waals surface area contributed by atoms with Gasteiger partial charge < -0.3 is 19.4 Å². The van der Waals surface area contributed by atoms with Gasteiger partial charge in [0, 0.05) is 68.0 Å². The van der Waals surface area contributed by atoms with E-state index >= 15 is 0 Å². The van der Waals surface area contributed by atoms with Gasteiger partial charge in [0.1, 0.15) is 11.3 Å². The average molecular weight is 477 g/mol. The first-order chi connectivity index (χ1) is 8.69. The maximum Gasteiger partial charge on any atom is 0.336 e. The van der Waals surface area contributed by atoms with Gasteiger partial charge in [-0.3, -0.25) is 0 Å². The van der Waals surface area contributed by atoms with E-state index in [4.69, 9.17) is 19.4 Å². The summed E-state index contributed by atoms with van der Waals surface area (Å²) in [6.07, 6.45) is -0.434. The molecule has 19 heavy (non-hydrogen) atoms. The van der Waals surface area contributed by atoms with Crippen molar-refractivity contribution in [3.05, 3.63) is 40.8 Å². The van der Waals surface area contributed by atoms with Gasteiger partial charge in [-0.2, -0.15) is 0 Å². The second kappa shape index (κ2) is 8.01. The molecule has 0 saturated heterocycles. The minimum atomic E-state index is -0.775. The summed E-state index contributed by atoms with van der Waals surface area (Å²) < 4.78 is 10.4. The predicted molar refractivity (Wildman–Crippen MR) is 65.7 cm³/mol. The average Bonchev–Trinajstić information content (AvgIpc) is 2.38. The van der Waals surface area contributed by atoms with E-state index in [1.165, 1.54) is 6.07 Å². The summed E-state index contributed by atoms with van der Waals surface area (Å²) in [4.78, 5) is 11.1. The molecule has 2 rings (SSSR count). The molecule has 0 saturated carbocycles. The van der Waals surface area contributed by atoms with E-state index < -0.39 is 11.7 Å². The molecule has 0 aliphatic carbocycles. The third kappa shape index (κ3) is 4.88. The number of hydrogen-bond acceptors (Lipinski definition) is 5. The molecule has 0 fully saturated rings. The summed E-state index contributed by atoms with van der Waals surface area (Å²) in [6.45, 7) is 0.000252. The smallest absolute Gasteiger partial charge is 0.336 e. The zero-order valence-electron chi connectivity index (χ0n) is 10.3. The van der Waals surface area contributed by atoms with Gasteiger partial charge in [0.2, 0.25) is 0 Å². The maximum atomic E-state index is 11.1. The van der Waals surface area contributed by atoms with Crippen molar-refractivity contribution in [2.75, 3.05) is 13.2 Å². The minimum absolute atomic E-state index is 0. The molecular formula is C13H14AcO5. The number of aliphatic hydroxyl groups is 2. The number of ether oxygens (including phenoxy) is 1. The molecule has 2 N–H and O–H groups in total. The summed E-state index contributed by atoms with van der Waals surface area (Å²) in [5.41, 5.74) is 0.0538. The number of fused-ring (bicyclic) bond motifs is 1. The zero-order valence-corrected chi connectivity index (χ0v) is 15.0. The second-order valence-corrected chi connectivity index (χ2v) is 3.93. The quantitative estimate of drug-likeness (QED) is 0.627. The van der Waals surface area contributed by atoms with Crippen molar-refractivity contribution in [2.45, 2.75) is 12.5 Å². The van der Waals surface area contributed by atoms with Crippen molar-refractivity contribution < 1.29 is 63.4 Å². The SMILES string of the molecule is O=c1ccc2ccc(OCC[C@H](O)CO)cc2o1.[Ac]. The molecule has 2 aromatic rings. The molecular weight excluding hydrogens is 463 g/mol. The zero-order chi connectivity index (χ0) is 13.0. The van der Waals surface area contributed by atoms with E-state index in [1.54, 1.807) is 24.3 Å². The number of aliphatic hydroxyl groups excluding tert-OH is 2. The van der Waals surface area contributed by atoms with E-state index in [9.17, 15) is 4.79 Å². The van der Waals surface area contributed by atoms with Gasteiger partial charge in [-0.15, -0.1) is 0 Å². The topological polar surface area (TPSA) is 79.9 Å². The van der Waals surface area contributed by atoms with Gasteiger partial charge in [-0.25, -0.2) is 4.79 Å². The van der Waals surface area contributed by atoms with Crippen LogP contribution in [0.1, 0.15) is 6.42 Å². The molecule has 0 aliphatic heterocycles. The van der Waals surface area contributed by atoms with Crippen molar-refractivity contribution in [1.82, 2.24) is 0 Å². The molecule has 0 bridgehead atoms. The molecule has 1 radical (unpaired) electrons. The van der Waals surface area contributed by atoms with Crippen LogP contribution in [0.25, 0.3) is 11.0 Å². The van der Waals surface area contributed by atoms with Crippen molar-refractivity contribution in [3.63, 3.8) is 0 Å². The molecule has 1 heterocycles. The van der Waals surface area contributed by atoms with E-state index in [-0.39, 0.29) is 57.3 Å². The van der Waals surface area contributed by atoms with Gasteiger partial charge in [0.05, 0.1) is 19.3 Å². The van der Waals surface area contributed by atoms with Crippen LogP contribution in [0, 0.1) is 44.1 Å². The molecule has 0 unspecified atom stereocenters. The number of benzene rings is 1. The fraction of sp³-hybridized carbons (Fsp3) is 0.308. The summed E-state index contributed by atoms with van der Waals surface area (Å²) >= 11 is 0. The molecule has 0 spiro atoms. The Hall–Kier alpha value is -0.408. The third-order valence-electron chi connectivity index (χ3n) is 2.53. The number of rotatable bonds is 5. The fourth-order valence-corrected chi connectivity index (χ4v) is 1.53. The van der Waals surface area contributed by atoms with Gasteiger partial charge in [0.25, 0.3) is 0 Å². The van der Waals surface area contributed by atoms with Crippen LogP contribution in [0.4, 0.5) is 0 Å². The molecule has 0 amide bonds. The molecule has 1 atom stereocenters. The van der Waals surface area contributed by atoms with E-state index in [0.717, 1.165) is 5.39 Å². The second-order valence-electron chi connectivity index (χ2n) is 3.93. The van der Waals surface area contributed by atoms with Crippen molar-refractivity contribution >= 4 is 11.0 Å². The monoisotopic (exact) mass is 477 g/mol. The largest absolute Gasteiger partial charge is 0.493 e. The minimum Gasteiger partial charge on any atom is -0.493 e. The normalized spacial score (nSPS) is 11.9. The van der Waals surface area contributed by atoms with E-state index in [1.807, 2.05) is 0 Å². The predicted octanol–water partition coefficient (Wildman–Crippen LogP) is 0.915. The first-order valence-corrected chi connectivity index (χ1v) is 5.64. The van der Waals surface area contributed by atoms with Gasteiger partial charge in [-0.05, 0) is 18.2 Å². The summed E-state index contributed by atoms with van der Waals surface area (Å²) in [7, 11) is 0. The Labute approximate surface area is 145 Å². The van der Waals surface area contributed by atoms with Crippen LogP contribution in [0.15, 0.2) is 39.5 Å². The molecule has 1 aromatic heterocycles. The molecule has 99 valence electrons. The molecule has 1 aromatic carbocycles. The van der Waals surface area contributed by atoms with Gasteiger partial charge in [-0.1, -0.05) is 0 Å². The van der Waals surface area contributed by atoms with Crippen molar-refractivity contribution in [2.24, 2.45) is 0 Å². The Kier molecular flexibility index (Phi) is 7.02. The van der Waals surface area contributed by atoms with Crippen LogP contribution in [-0.4, -0.2) is 29.5 Å². The van der Waals surface area contributed by atoms with Crippen molar-refractivity contribution in [3.8, 4) is 5.75 Å². The van der Waals surface area contributed by atoms with Crippen LogP contribution >= 0.6 is 0 Å². The Balaban J connectivity index is 0.00000180. The first-order valence-electron chi connectivity index (χ1n) is 5.64. The van der Waals surface area contributed by atoms with Gasteiger partial charge >= 0.3 is 5.63 Å². The Bertz CT molecular complexity index is 581. The van der Waals surface area contributed by atoms with E-state index in [2.05, 4.69) is 0 Å². The van der Waals surface area contributed by atoms with Crippen molar-refractivity contribution in [1.29, 1.82) is 0 Å². The Morgan fingerprint density at radius 2 is 2.00 bits per heavy atom. The van der Waals surface area contributed by atoms with Crippen LogP contribution in [0.2, 0.25) is 0 Å². The Morgan fingerprint density at radius 3 is 2.74 bits per heavy atom. The van der Waals surface area contributed by atoms with Crippen LogP contribution in [0.5, 0.6) is 5.75 Å². The Morgan fingerprint density at radius 1 is 1.26 bits per heavy atom. The fourth-order valence-electron chi connectivity index (χ4n) is 1.53. The first kappa shape index (κ1) is 16.6. The summed E-state index contributed by atoms with van der Waals surface area (Å²) in [6, 6.07) is 8.22. The summed E-state index contributed by atoms with van der Waals surface area (Å²) in [5.74, 6) is 0.557. The van der Waals surface area contributed by atoms with Crippen LogP contribution in [-0.2, 0) is 0 Å². The summed E-state index contributed by atoms with van der Waals surface area (Å²) in [5, 5.41) is 18.6. The number of hydrogen-bond donors (Lipinski definition) is 2. The third-order valence-corrected chi connectivity index (χ3v) is 2.53. The molecule has 6 heteroatoms. The standard InChI is InChI=1S/C13H14O5.Ac/c14-8-10(15)5-6-17-11-3-1-9-2-4-13(16)18-12(9)7-11;/h1-4,7,10,14-15H,5-6,8H2;/t10-;/m0./s1.